The molecule has 0 radical (unpaired) electrons. The van der Waals surface area contributed by atoms with Crippen LogP contribution in [0.1, 0.15) is 51.4 Å². The summed E-state index contributed by atoms with van der Waals surface area (Å²) in [4.78, 5) is 75.1. The Morgan fingerprint density at radius 2 is 0.806 bits per heavy atom. The molecule has 2 aliphatic carbocycles. The molecule has 18 nitrogen and oxygen atoms in total. The molecular weight excluding hydrogens is 877 g/mol. The van der Waals surface area contributed by atoms with Crippen molar-refractivity contribution < 1.29 is 85.6 Å². The lowest BCUT2D eigenvalue weighted by atomic mass is 9.82. The number of ether oxygens (including phenoxy) is 12. The second-order valence-corrected chi connectivity index (χ2v) is 15.3. The smallest absolute Gasteiger partial charge is 0.333 e. The van der Waals surface area contributed by atoms with Gasteiger partial charge in [0.15, 0.2) is 11.5 Å². The zero-order valence-corrected chi connectivity index (χ0v) is 37.4. The first-order valence-electron chi connectivity index (χ1n) is 21.9. The van der Waals surface area contributed by atoms with E-state index in [0.717, 1.165) is 12.2 Å². The first kappa shape index (κ1) is 51.2. The van der Waals surface area contributed by atoms with Gasteiger partial charge in [0.1, 0.15) is 35.4 Å². The van der Waals surface area contributed by atoms with Crippen LogP contribution in [0.4, 0.5) is 0 Å². The summed E-state index contributed by atoms with van der Waals surface area (Å²) >= 11 is 0. The number of carbonyl (C=O) groups is 6. The lowest BCUT2D eigenvalue weighted by Gasteiger charge is -2.26. The number of esters is 6. The molecule has 3 aromatic carbocycles. The van der Waals surface area contributed by atoms with E-state index in [-0.39, 0.29) is 44.0 Å². The minimum absolute atomic E-state index is 0.0827. The van der Waals surface area contributed by atoms with Gasteiger partial charge < -0.3 is 56.8 Å². The highest BCUT2D eigenvalue weighted by molar-refractivity contribution is 5.82. The number of rotatable bonds is 26. The number of hydrogen-bond donors (Lipinski definition) is 0. The topological polar surface area (TPSA) is 213 Å². The van der Waals surface area contributed by atoms with E-state index < -0.39 is 59.5 Å². The summed E-state index contributed by atoms with van der Waals surface area (Å²) in [6, 6.07) is 17.0. The highest BCUT2D eigenvalue weighted by Gasteiger charge is 2.34. The van der Waals surface area contributed by atoms with Gasteiger partial charge >= 0.3 is 35.8 Å². The third kappa shape index (κ3) is 17.5. The van der Waals surface area contributed by atoms with Gasteiger partial charge in [-0.3, -0.25) is 19.2 Å². The predicted octanol–water partition coefficient (Wildman–Crippen LogP) is 6.51. The van der Waals surface area contributed by atoms with Gasteiger partial charge in [0.2, 0.25) is 13.6 Å². The monoisotopic (exact) mass is 932 g/mol. The summed E-state index contributed by atoms with van der Waals surface area (Å²) in [7, 11) is 1.59. The van der Waals surface area contributed by atoms with Crippen molar-refractivity contribution in [3.05, 3.63) is 92.0 Å². The summed E-state index contributed by atoms with van der Waals surface area (Å²) in [6.45, 7) is 7.91. The third-order valence-corrected chi connectivity index (χ3v) is 10.7. The summed E-state index contributed by atoms with van der Waals surface area (Å²) in [5.41, 5.74) is 0. The Morgan fingerprint density at radius 1 is 0.448 bits per heavy atom. The molecule has 0 N–H and O–H groups in total. The molecule has 5 rings (SSSR count). The van der Waals surface area contributed by atoms with E-state index in [1.165, 1.54) is 18.2 Å². The van der Waals surface area contributed by atoms with E-state index in [2.05, 4.69) is 13.2 Å². The molecule has 0 atom stereocenters. The van der Waals surface area contributed by atoms with Crippen LogP contribution in [-0.4, -0.2) is 96.2 Å². The van der Waals surface area contributed by atoms with Crippen LogP contribution in [0, 0.1) is 23.7 Å². The van der Waals surface area contributed by atoms with Gasteiger partial charge in [-0.15, -0.1) is 0 Å². The summed E-state index contributed by atoms with van der Waals surface area (Å²) in [5.74, 6) is -2.91. The minimum atomic E-state index is -0.617. The van der Waals surface area contributed by atoms with Crippen LogP contribution < -0.4 is 33.2 Å². The van der Waals surface area contributed by atoms with Gasteiger partial charge in [0, 0.05) is 25.3 Å². The van der Waals surface area contributed by atoms with Gasteiger partial charge in [-0.2, -0.15) is 0 Å². The fraction of sp³-hybridized carbons (Fsp3) is 0.429. The molecule has 0 aromatic heterocycles. The largest absolute Gasteiger partial charge is 0.487 e. The molecular formula is C49H56O18. The van der Waals surface area contributed by atoms with Crippen molar-refractivity contribution in [1.29, 1.82) is 0 Å². The number of methoxy groups -OCH3 is 1. The zero-order chi connectivity index (χ0) is 47.8. The third-order valence-electron chi connectivity index (χ3n) is 10.7. The highest BCUT2D eigenvalue weighted by atomic mass is 16.7. The second kappa shape index (κ2) is 27.7. The Hall–Kier alpha value is -6.76. The molecule has 0 heterocycles. The van der Waals surface area contributed by atoms with Crippen LogP contribution in [-0.2, 0) is 52.5 Å². The number of benzene rings is 3. The van der Waals surface area contributed by atoms with Crippen molar-refractivity contribution in [3.63, 3.8) is 0 Å². The minimum Gasteiger partial charge on any atom is -0.487 e. The fourth-order valence-corrected chi connectivity index (χ4v) is 6.98. The average molecular weight is 933 g/mol. The molecule has 0 unspecified atom stereocenters. The summed E-state index contributed by atoms with van der Waals surface area (Å²) in [6.07, 6.45) is 5.29. The Kier molecular flexibility index (Phi) is 21.1. The Morgan fingerprint density at radius 3 is 1.22 bits per heavy atom. The van der Waals surface area contributed by atoms with Crippen molar-refractivity contribution in [2.75, 3.05) is 60.3 Å². The summed E-state index contributed by atoms with van der Waals surface area (Å²) in [5, 5.41) is 0. The second-order valence-electron chi connectivity index (χ2n) is 15.3. The van der Waals surface area contributed by atoms with Gasteiger partial charge in [-0.25, -0.2) is 9.59 Å². The molecule has 0 amide bonds. The quantitative estimate of drug-likeness (QED) is 0.0276. The van der Waals surface area contributed by atoms with Gasteiger partial charge in [0.05, 0.1) is 56.7 Å². The van der Waals surface area contributed by atoms with Crippen LogP contribution in [0.15, 0.2) is 92.0 Å². The molecule has 0 aliphatic heterocycles. The lowest BCUT2D eigenvalue weighted by molar-refractivity contribution is -0.145. The lowest BCUT2D eigenvalue weighted by Crippen LogP contribution is -2.30. The van der Waals surface area contributed by atoms with Crippen LogP contribution in [0.5, 0.6) is 40.2 Å². The molecule has 2 aliphatic rings. The van der Waals surface area contributed by atoms with E-state index in [1.807, 2.05) is 0 Å². The maximum Gasteiger partial charge on any atom is 0.333 e. The van der Waals surface area contributed by atoms with Crippen LogP contribution in [0.25, 0.3) is 0 Å². The van der Waals surface area contributed by atoms with Crippen LogP contribution in [0.2, 0.25) is 0 Å². The first-order chi connectivity index (χ1) is 32.5. The first-order valence-corrected chi connectivity index (χ1v) is 21.9. The van der Waals surface area contributed by atoms with E-state index in [9.17, 15) is 28.8 Å². The Balaban J connectivity index is 1.10. The van der Waals surface area contributed by atoms with E-state index in [0.29, 0.717) is 101 Å². The standard InChI is InChI=1S/C49H56O18/c1-4-44(50)62-31-60-37-14-18-39(19-15-37)64-46(52)33-6-8-35(9-7-33)48(54)66-41-22-23-42(43(30-41)59-29-28-58-27-26-57-25-24-56-3)67-49(55)36-12-10-34(11-13-36)47(53)65-40-20-16-38(17-21-40)61-32-63-45(51)5-2/h4-5,14-23,30,33-36H,1-2,6-13,24-29,31-32H2,3H3. The molecule has 0 bridgehead atoms. The van der Waals surface area contributed by atoms with E-state index in [4.69, 9.17) is 56.8 Å². The van der Waals surface area contributed by atoms with E-state index in [1.54, 1.807) is 55.6 Å². The molecule has 0 saturated heterocycles. The maximum atomic E-state index is 13.5. The van der Waals surface area contributed by atoms with Crippen molar-refractivity contribution in [2.24, 2.45) is 23.7 Å². The summed E-state index contributed by atoms with van der Waals surface area (Å²) < 4.78 is 65.0. The highest BCUT2D eigenvalue weighted by Crippen LogP contribution is 2.37. The molecule has 0 spiro atoms. The van der Waals surface area contributed by atoms with Gasteiger partial charge in [0.25, 0.3) is 0 Å². The van der Waals surface area contributed by atoms with E-state index >= 15 is 0 Å². The number of carbonyl (C=O) groups excluding carboxylic acids is 6. The molecule has 360 valence electrons. The average Bonchev–Trinajstić information content (AvgIpc) is 3.35. The van der Waals surface area contributed by atoms with Crippen LogP contribution in [0.3, 0.4) is 0 Å². The molecule has 67 heavy (non-hydrogen) atoms. The Labute approximate surface area is 388 Å². The fourth-order valence-electron chi connectivity index (χ4n) is 6.98. The SMILES string of the molecule is C=CC(=O)OCOc1ccc(OC(=O)C2CCC(C(=O)Oc3ccc(OC(=O)C4CCC(C(=O)Oc5ccc(OCOC(=O)C=C)cc5)CC4)c(OCCOCCOCCOC)c3)CC2)cc1. The molecule has 2 fully saturated rings. The van der Waals surface area contributed by atoms with Gasteiger partial charge in [-0.05, 0) is 112 Å². The van der Waals surface area contributed by atoms with Crippen molar-refractivity contribution in [1.82, 2.24) is 0 Å². The van der Waals surface area contributed by atoms with Gasteiger partial charge in [-0.1, -0.05) is 13.2 Å². The zero-order valence-electron chi connectivity index (χ0n) is 37.4. The maximum absolute atomic E-state index is 13.5. The molecule has 3 aromatic rings. The van der Waals surface area contributed by atoms with Crippen LogP contribution >= 0.6 is 0 Å². The predicted molar refractivity (Wildman–Crippen MR) is 235 cm³/mol. The van der Waals surface area contributed by atoms with Crippen molar-refractivity contribution in [2.45, 2.75) is 51.4 Å². The molecule has 18 heteroatoms. The Bertz CT molecular complexity index is 2100. The van der Waals surface area contributed by atoms with Crippen molar-refractivity contribution >= 4 is 35.8 Å². The molecule has 2 saturated carbocycles. The van der Waals surface area contributed by atoms with Crippen molar-refractivity contribution in [3.8, 4) is 40.2 Å². The number of hydrogen-bond acceptors (Lipinski definition) is 18. The normalized spacial score (nSPS) is 17.7.